The minimum Gasteiger partial charge on any atom is -0.345 e. The van der Waals surface area contributed by atoms with Gasteiger partial charge in [-0.15, -0.1) is 0 Å². The lowest BCUT2D eigenvalue weighted by Crippen LogP contribution is -2.40. The zero-order valence-corrected chi connectivity index (χ0v) is 15.0. The largest absolute Gasteiger partial charge is 0.345 e. The van der Waals surface area contributed by atoms with Gasteiger partial charge in [0.2, 0.25) is 0 Å². The van der Waals surface area contributed by atoms with Crippen LogP contribution in [0.4, 0.5) is 0 Å². The third-order valence-electron chi connectivity index (χ3n) is 5.05. The summed E-state index contributed by atoms with van der Waals surface area (Å²) in [5.74, 6) is 0.355. The van der Waals surface area contributed by atoms with Crippen molar-refractivity contribution in [3.63, 3.8) is 0 Å². The van der Waals surface area contributed by atoms with Crippen molar-refractivity contribution >= 4 is 5.91 Å². The topological polar surface area (TPSA) is 32.3 Å². The molecule has 2 atom stereocenters. The van der Waals surface area contributed by atoms with Gasteiger partial charge in [-0.2, -0.15) is 0 Å². The maximum absolute atomic E-state index is 12.7. The van der Waals surface area contributed by atoms with Crippen molar-refractivity contribution in [3.8, 4) is 0 Å². The summed E-state index contributed by atoms with van der Waals surface area (Å²) in [6, 6.07) is 19.8. The molecule has 0 saturated carbocycles. The molecule has 2 unspecified atom stereocenters. The molecular weight excluding hydrogens is 308 g/mol. The second kappa shape index (κ2) is 8.82. The van der Waals surface area contributed by atoms with Gasteiger partial charge in [0.1, 0.15) is 0 Å². The molecule has 0 aliphatic carbocycles. The molecule has 1 fully saturated rings. The van der Waals surface area contributed by atoms with Crippen LogP contribution in [0, 0.1) is 5.92 Å². The lowest BCUT2D eigenvalue weighted by molar-refractivity contribution is 0.0910. The van der Waals surface area contributed by atoms with Crippen LogP contribution >= 0.6 is 0 Å². The molecule has 1 aliphatic rings. The molecule has 2 aromatic rings. The molecule has 132 valence electrons. The number of carbonyl (C=O) groups is 1. The predicted octanol–water partition coefficient (Wildman–Crippen LogP) is 4.28. The summed E-state index contributed by atoms with van der Waals surface area (Å²) in [6.45, 7) is 5.63. The Morgan fingerprint density at radius 3 is 2.20 bits per heavy atom. The van der Waals surface area contributed by atoms with Gasteiger partial charge in [0.25, 0.3) is 5.91 Å². The maximum atomic E-state index is 12.7. The second-order valence-electron chi connectivity index (χ2n) is 7.07. The Kier molecular flexibility index (Phi) is 6.24. The van der Waals surface area contributed by atoms with E-state index in [0.29, 0.717) is 11.5 Å². The van der Waals surface area contributed by atoms with Crippen LogP contribution in [0.3, 0.4) is 0 Å². The summed E-state index contributed by atoms with van der Waals surface area (Å²) in [5, 5.41) is 3.27. The first-order valence-corrected chi connectivity index (χ1v) is 9.37. The molecule has 0 bridgehead atoms. The minimum atomic E-state index is -0.0000489. The van der Waals surface area contributed by atoms with Crippen LogP contribution in [-0.2, 0) is 0 Å². The summed E-state index contributed by atoms with van der Waals surface area (Å²) in [7, 11) is 0. The molecule has 25 heavy (non-hydrogen) atoms. The molecule has 1 aliphatic heterocycles. The number of amides is 1. The third kappa shape index (κ3) is 4.93. The Hall–Kier alpha value is -2.13. The Morgan fingerprint density at radius 2 is 1.56 bits per heavy atom. The highest BCUT2D eigenvalue weighted by Crippen LogP contribution is 2.24. The highest BCUT2D eigenvalue weighted by Gasteiger charge is 2.24. The van der Waals surface area contributed by atoms with Gasteiger partial charge in [-0.05, 0) is 49.5 Å². The standard InChI is InChI=1S/C22H28N2O/c1-18(17-24-15-9-4-10-16-24)21(19-11-5-2-6-12-19)23-22(25)20-13-7-3-8-14-20/h2-3,5-8,11-14,18,21H,4,9-10,15-17H2,1H3,(H,23,25). The first kappa shape index (κ1) is 17.7. The van der Waals surface area contributed by atoms with E-state index in [1.165, 1.54) is 37.9 Å². The van der Waals surface area contributed by atoms with Gasteiger partial charge in [0.05, 0.1) is 6.04 Å². The molecule has 3 heteroatoms. The van der Waals surface area contributed by atoms with E-state index >= 15 is 0 Å². The summed E-state index contributed by atoms with van der Waals surface area (Å²) < 4.78 is 0. The minimum absolute atomic E-state index is 0.0000489. The average molecular weight is 336 g/mol. The predicted molar refractivity (Wildman–Crippen MR) is 103 cm³/mol. The monoisotopic (exact) mass is 336 g/mol. The smallest absolute Gasteiger partial charge is 0.251 e. The van der Waals surface area contributed by atoms with Crippen molar-refractivity contribution in [1.82, 2.24) is 10.2 Å². The Labute approximate surface area is 151 Å². The van der Waals surface area contributed by atoms with E-state index in [0.717, 1.165) is 6.54 Å². The van der Waals surface area contributed by atoms with Crippen LogP contribution in [0.1, 0.15) is 48.1 Å². The van der Waals surface area contributed by atoms with Crippen molar-refractivity contribution in [1.29, 1.82) is 0 Å². The van der Waals surface area contributed by atoms with Gasteiger partial charge >= 0.3 is 0 Å². The molecule has 3 rings (SSSR count). The molecule has 1 heterocycles. The number of benzene rings is 2. The van der Waals surface area contributed by atoms with Crippen molar-refractivity contribution in [2.24, 2.45) is 5.92 Å². The Bertz CT molecular complexity index is 650. The number of hydrogen-bond acceptors (Lipinski definition) is 2. The molecular formula is C22H28N2O. The second-order valence-corrected chi connectivity index (χ2v) is 7.07. The van der Waals surface area contributed by atoms with Gasteiger partial charge < -0.3 is 10.2 Å². The van der Waals surface area contributed by atoms with E-state index in [1.807, 2.05) is 48.5 Å². The summed E-state index contributed by atoms with van der Waals surface area (Å²) in [6.07, 6.45) is 3.93. The number of nitrogens with one attached hydrogen (secondary N) is 1. The van der Waals surface area contributed by atoms with Crippen molar-refractivity contribution in [3.05, 3.63) is 71.8 Å². The van der Waals surface area contributed by atoms with Crippen LogP contribution in [0.2, 0.25) is 0 Å². The zero-order chi connectivity index (χ0) is 17.5. The van der Waals surface area contributed by atoms with E-state index in [-0.39, 0.29) is 11.9 Å². The molecule has 3 nitrogen and oxygen atoms in total. The van der Waals surface area contributed by atoms with Crippen LogP contribution in [-0.4, -0.2) is 30.4 Å². The quantitative estimate of drug-likeness (QED) is 0.854. The first-order chi connectivity index (χ1) is 12.2. The summed E-state index contributed by atoms with van der Waals surface area (Å²) >= 11 is 0. The van der Waals surface area contributed by atoms with E-state index in [1.54, 1.807) is 0 Å². The van der Waals surface area contributed by atoms with E-state index in [9.17, 15) is 4.79 Å². The van der Waals surface area contributed by atoms with Gasteiger partial charge in [-0.25, -0.2) is 0 Å². The fourth-order valence-corrected chi connectivity index (χ4v) is 3.68. The Morgan fingerprint density at radius 1 is 0.960 bits per heavy atom. The molecule has 0 spiro atoms. The van der Waals surface area contributed by atoms with Crippen LogP contribution in [0.5, 0.6) is 0 Å². The maximum Gasteiger partial charge on any atom is 0.251 e. The lowest BCUT2D eigenvalue weighted by atomic mass is 9.93. The molecule has 1 amide bonds. The fraction of sp³-hybridized carbons (Fsp3) is 0.409. The summed E-state index contributed by atoms with van der Waals surface area (Å²) in [5.41, 5.74) is 1.89. The number of piperidine rings is 1. The van der Waals surface area contributed by atoms with Crippen molar-refractivity contribution in [2.45, 2.75) is 32.2 Å². The number of hydrogen-bond donors (Lipinski definition) is 1. The molecule has 1 saturated heterocycles. The van der Waals surface area contributed by atoms with Crippen molar-refractivity contribution < 1.29 is 4.79 Å². The number of carbonyl (C=O) groups excluding carboxylic acids is 1. The van der Waals surface area contributed by atoms with Gasteiger partial charge in [0, 0.05) is 12.1 Å². The number of likely N-dealkylation sites (tertiary alicyclic amines) is 1. The van der Waals surface area contributed by atoms with Crippen LogP contribution in [0.15, 0.2) is 60.7 Å². The zero-order valence-electron chi connectivity index (χ0n) is 15.0. The fourth-order valence-electron chi connectivity index (χ4n) is 3.68. The van der Waals surface area contributed by atoms with Gasteiger partial charge in [0.15, 0.2) is 0 Å². The van der Waals surface area contributed by atoms with E-state index in [2.05, 4.69) is 29.3 Å². The van der Waals surface area contributed by atoms with Gasteiger partial charge in [-0.3, -0.25) is 4.79 Å². The van der Waals surface area contributed by atoms with E-state index in [4.69, 9.17) is 0 Å². The molecule has 0 aromatic heterocycles. The molecule has 0 radical (unpaired) electrons. The van der Waals surface area contributed by atoms with Gasteiger partial charge in [-0.1, -0.05) is 61.9 Å². The van der Waals surface area contributed by atoms with E-state index < -0.39 is 0 Å². The van der Waals surface area contributed by atoms with Crippen molar-refractivity contribution in [2.75, 3.05) is 19.6 Å². The average Bonchev–Trinajstić information content (AvgIpc) is 2.68. The number of nitrogens with zero attached hydrogens (tertiary/aromatic N) is 1. The lowest BCUT2D eigenvalue weighted by Gasteiger charge is -2.33. The highest BCUT2D eigenvalue weighted by atomic mass is 16.1. The third-order valence-corrected chi connectivity index (χ3v) is 5.05. The summed E-state index contributed by atoms with van der Waals surface area (Å²) in [4.78, 5) is 15.2. The Balaban J connectivity index is 1.74. The normalized spacial score (nSPS) is 17.6. The SMILES string of the molecule is CC(CN1CCCCC1)C(NC(=O)c1ccccc1)c1ccccc1. The van der Waals surface area contributed by atoms with Crippen LogP contribution < -0.4 is 5.32 Å². The first-order valence-electron chi connectivity index (χ1n) is 9.37. The number of rotatable bonds is 6. The van der Waals surface area contributed by atoms with Crippen LogP contribution in [0.25, 0.3) is 0 Å². The molecule has 2 aromatic carbocycles. The molecule has 1 N–H and O–H groups in total. The highest BCUT2D eigenvalue weighted by molar-refractivity contribution is 5.94.